The Morgan fingerprint density at radius 2 is 1.93 bits per heavy atom. The summed E-state index contributed by atoms with van der Waals surface area (Å²) in [6, 6.07) is 15.3. The van der Waals surface area contributed by atoms with Crippen LogP contribution in [0.15, 0.2) is 54.7 Å². The van der Waals surface area contributed by atoms with E-state index >= 15 is 0 Å². The first-order chi connectivity index (χ1) is 19.7. The maximum Gasteiger partial charge on any atom is 0.345 e. The van der Waals surface area contributed by atoms with Crippen LogP contribution in [0.5, 0.6) is 5.75 Å². The zero-order valence-electron chi connectivity index (χ0n) is 23.3. The number of rotatable bonds is 10. The fourth-order valence-electron chi connectivity index (χ4n) is 6.40. The SMILES string of the molecule is CC(C)(Cc1c[nH]c2c(-c3ccc(C(=O)O)s3)cccc12)NC[C@H](O)COc1cccc2c1C1(CCCC1)C(=O)N2. The largest absolute Gasteiger partial charge is 0.490 e. The Hall–Kier alpha value is -3.66. The molecule has 3 heterocycles. The van der Waals surface area contributed by atoms with Gasteiger partial charge in [-0.05, 0) is 62.9 Å². The highest BCUT2D eigenvalue weighted by Crippen LogP contribution is 2.52. The van der Waals surface area contributed by atoms with Gasteiger partial charge >= 0.3 is 5.97 Å². The summed E-state index contributed by atoms with van der Waals surface area (Å²) < 4.78 is 6.12. The molecule has 1 amide bonds. The number of aromatic nitrogens is 1. The van der Waals surface area contributed by atoms with Crippen LogP contribution in [-0.2, 0) is 16.6 Å². The van der Waals surface area contributed by atoms with Crippen molar-refractivity contribution in [3.63, 3.8) is 0 Å². The number of hydrogen-bond acceptors (Lipinski definition) is 6. The van der Waals surface area contributed by atoms with Crippen LogP contribution in [0.1, 0.15) is 60.3 Å². The number of thiophene rings is 1. The van der Waals surface area contributed by atoms with Crippen LogP contribution in [0, 0.1) is 0 Å². The molecule has 6 rings (SSSR count). The molecular formula is C32H35N3O5S. The molecule has 1 aliphatic carbocycles. The smallest absolute Gasteiger partial charge is 0.345 e. The van der Waals surface area contributed by atoms with Crippen molar-refractivity contribution in [3.8, 4) is 16.2 Å². The number of aliphatic hydroxyl groups is 1. The van der Waals surface area contributed by atoms with Crippen LogP contribution < -0.4 is 15.4 Å². The number of carboxylic acids is 1. The van der Waals surface area contributed by atoms with Crippen molar-refractivity contribution in [2.75, 3.05) is 18.5 Å². The van der Waals surface area contributed by atoms with E-state index in [1.165, 1.54) is 11.3 Å². The molecule has 0 saturated heterocycles. The predicted molar refractivity (Wildman–Crippen MR) is 161 cm³/mol. The molecule has 2 aliphatic rings. The van der Waals surface area contributed by atoms with Crippen LogP contribution in [0.3, 0.4) is 0 Å². The molecular weight excluding hydrogens is 538 g/mol. The molecule has 8 nitrogen and oxygen atoms in total. The molecule has 4 aromatic rings. The van der Waals surface area contributed by atoms with Gasteiger partial charge in [0.25, 0.3) is 0 Å². The Morgan fingerprint density at radius 3 is 2.68 bits per heavy atom. The fourth-order valence-corrected chi connectivity index (χ4v) is 7.28. The van der Waals surface area contributed by atoms with Crippen molar-refractivity contribution in [2.24, 2.45) is 0 Å². The van der Waals surface area contributed by atoms with Gasteiger partial charge in [-0.1, -0.05) is 37.1 Å². The number of benzene rings is 2. The molecule has 1 aliphatic heterocycles. The van der Waals surface area contributed by atoms with Crippen molar-refractivity contribution in [1.29, 1.82) is 0 Å². The van der Waals surface area contributed by atoms with E-state index in [0.29, 0.717) is 17.2 Å². The lowest BCUT2D eigenvalue weighted by Gasteiger charge is -2.28. The Balaban J connectivity index is 1.10. The van der Waals surface area contributed by atoms with Crippen molar-refractivity contribution in [2.45, 2.75) is 63.0 Å². The average Bonchev–Trinajstić information content (AvgIpc) is 3.75. The minimum Gasteiger partial charge on any atom is -0.490 e. The highest BCUT2D eigenvalue weighted by molar-refractivity contribution is 7.17. The number of para-hydroxylation sites is 1. The van der Waals surface area contributed by atoms with Crippen LogP contribution in [0.2, 0.25) is 0 Å². The van der Waals surface area contributed by atoms with Crippen LogP contribution in [0.25, 0.3) is 21.3 Å². The Morgan fingerprint density at radius 1 is 1.15 bits per heavy atom. The quantitative estimate of drug-likeness (QED) is 0.166. The zero-order valence-corrected chi connectivity index (χ0v) is 24.1. The minimum atomic E-state index is -0.918. The summed E-state index contributed by atoms with van der Waals surface area (Å²) >= 11 is 1.27. The van der Waals surface area contributed by atoms with Gasteiger partial charge in [-0.15, -0.1) is 11.3 Å². The lowest BCUT2D eigenvalue weighted by atomic mass is 9.79. The molecule has 1 atom stereocenters. The number of aromatic amines is 1. The summed E-state index contributed by atoms with van der Waals surface area (Å²) in [7, 11) is 0. The maximum absolute atomic E-state index is 12.8. The molecule has 0 radical (unpaired) electrons. The predicted octanol–water partition coefficient (Wildman–Crippen LogP) is 5.71. The number of carboxylic acid groups (broad SMARTS) is 1. The second kappa shape index (κ2) is 10.6. The molecule has 1 saturated carbocycles. The van der Waals surface area contributed by atoms with E-state index in [9.17, 15) is 19.8 Å². The molecule has 41 heavy (non-hydrogen) atoms. The van der Waals surface area contributed by atoms with Gasteiger partial charge in [0.2, 0.25) is 5.91 Å². The van der Waals surface area contributed by atoms with Gasteiger partial charge in [0.05, 0.1) is 10.9 Å². The number of carbonyl (C=O) groups is 2. The molecule has 5 N–H and O–H groups in total. The third-order valence-electron chi connectivity index (χ3n) is 8.41. The van der Waals surface area contributed by atoms with Gasteiger partial charge in [-0.25, -0.2) is 4.79 Å². The summed E-state index contributed by atoms with van der Waals surface area (Å²) in [6.07, 6.45) is 5.71. The van der Waals surface area contributed by atoms with Crippen molar-refractivity contribution < 1.29 is 24.5 Å². The highest BCUT2D eigenvalue weighted by Gasteiger charge is 2.50. The topological polar surface area (TPSA) is 124 Å². The molecule has 1 spiro atoms. The summed E-state index contributed by atoms with van der Waals surface area (Å²) in [6.45, 7) is 4.68. The number of amides is 1. The second-order valence-electron chi connectivity index (χ2n) is 11.8. The number of hydrogen-bond donors (Lipinski definition) is 5. The monoisotopic (exact) mass is 573 g/mol. The van der Waals surface area contributed by atoms with E-state index in [1.54, 1.807) is 6.07 Å². The van der Waals surface area contributed by atoms with Gasteiger partial charge in [-0.3, -0.25) is 4.79 Å². The van der Waals surface area contributed by atoms with Crippen molar-refractivity contribution in [3.05, 3.63) is 70.7 Å². The Kier molecular flexibility index (Phi) is 7.13. The van der Waals surface area contributed by atoms with Gasteiger partial charge < -0.3 is 30.6 Å². The fraction of sp³-hybridized carbons (Fsp3) is 0.375. The first kappa shape index (κ1) is 27.5. The van der Waals surface area contributed by atoms with E-state index in [2.05, 4.69) is 35.5 Å². The van der Waals surface area contributed by atoms with Gasteiger partial charge in [0.1, 0.15) is 23.3 Å². The molecule has 2 aromatic carbocycles. The van der Waals surface area contributed by atoms with Crippen LogP contribution in [-0.4, -0.2) is 51.9 Å². The van der Waals surface area contributed by atoms with Crippen molar-refractivity contribution in [1.82, 2.24) is 10.3 Å². The molecule has 214 valence electrons. The molecule has 0 unspecified atom stereocenters. The lowest BCUT2D eigenvalue weighted by Crippen LogP contribution is -2.46. The molecule has 0 bridgehead atoms. The summed E-state index contributed by atoms with van der Waals surface area (Å²) in [4.78, 5) is 28.8. The molecule has 1 fully saturated rings. The van der Waals surface area contributed by atoms with Crippen LogP contribution in [0.4, 0.5) is 5.69 Å². The highest BCUT2D eigenvalue weighted by atomic mass is 32.1. The number of carbonyl (C=O) groups excluding carboxylic acids is 1. The number of aliphatic hydroxyl groups excluding tert-OH is 1. The number of nitrogens with one attached hydrogen (secondary N) is 3. The van der Waals surface area contributed by atoms with E-state index < -0.39 is 17.5 Å². The number of H-pyrrole nitrogens is 1. The summed E-state index contributed by atoms with van der Waals surface area (Å²) in [5, 5.41) is 27.8. The standard InChI is InChI=1S/C32H35N3O5S/c1-31(2,15-19-16-33-28-21(19)7-5-8-22(28)25-11-12-26(41-25)29(37)38)34-17-20(36)18-40-24-10-6-9-23-27(24)32(30(39)35-23)13-3-4-14-32/h5-12,16,20,33-34,36H,3-4,13-15,17-18H2,1-2H3,(H,35,39)(H,37,38)/t20-/m0/s1. The number of fused-ring (bicyclic) bond motifs is 3. The van der Waals surface area contributed by atoms with E-state index in [4.69, 9.17) is 4.74 Å². The summed E-state index contributed by atoms with van der Waals surface area (Å²) in [5.41, 5.74) is 4.05. The lowest BCUT2D eigenvalue weighted by molar-refractivity contribution is -0.120. The Labute approximate surface area is 242 Å². The van der Waals surface area contributed by atoms with Crippen molar-refractivity contribution >= 4 is 39.8 Å². The third-order valence-corrected chi connectivity index (χ3v) is 9.51. The average molecular weight is 574 g/mol. The normalized spacial score (nSPS) is 16.7. The number of ether oxygens (including phenoxy) is 1. The van der Waals surface area contributed by atoms with Gasteiger partial charge in [0, 0.05) is 45.4 Å². The number of anilines is 1. The zero-order chi connectivity index (χ0) is 28.8. The van der Waals surface area contributed by atoms with E-state index in [1.807, 2.05) is 42.6 Å². The van der Waals surface area contributed by atoms with Gasteiger partial charge in [-0.2, -0.15) is 0 Å². The number of β-amino-alcohol motifs (C(OH)–C–C–N with tert-alkyl or cyclic N) is 1. The number of aromatic carboxylic acids is 1. The molecule has 2 aromatic heterocycles. The first-order valence-corrected chi connectivity index (χ1v) is 14.9. The molecule has 9 heteroatoms. The van der Waals surface area contributed by atoms with E-state index in [0.717, 1.165) is 70.3 Å². The Bertz CT molecular complexity index is 1610. The third kappa shape index (κ3) is 5.14. The second-order valence-corrected chi connectivity index (χ2v) is 12.9. The van der Waals surface area contributed by atoms with Gasteiger partial charge in [0.15, 0.2) is 0 Å². The minimum absolute atomic E-state index is 0.0646. The first-order valence-electron chi connectivity index (χ1n) is 14.1. The summed E-state index contributed by atoms with van der Waals surface area (Å²) in [5.74, 6) is -0.176. The van der Waals surface area contributed by atoms with Crippen LogP contribution >= 0.6 is 11.3 Å². The van der Waals surface area contributed by atoms with E-state index in [-0.39, 0.29) is 18.1 Å². The maximum atomic E-state index is 12.8.